The summed E-state index contributed by atoms with van der Waals surface area (Å²) in [6.07, 6.45) is 2.34. The molecule has 1 atom stereocenters. The van der Waals surface area contributed by atoms with Crippen LogP contribution in [0.4, 0.5) is 0 Å². The minimum absolute atomic E-state index is 0.0880. The molecule has 0 heterocycles. The van der Waals surface area contributed by atoms with Crippen LogP contribution in [0.15, 0.2) is 0 Å². The SMILES string of the molecule is CC(CC(C)(C)C)CC(C)(C)CO. The van der Waals surface area contributed by atoms with Crippen LogP contribution in [-0.4, -0.2) is 11.7 Å². The smallest absolute Gasteiger partial charge is 0.0482 e. The molecule has 0 aromatic rings. The molecule has 80 valence electrons. The monoisotopic (exact) mass is 186 g/mol. The molecule has 0 aliphatic rings. The lowest BCUT2D eigenvalue weighted by atomic mass is 9.77. The van der Waals surface area contributed by atoms with Crippen LogP contribution < -0.4 is 0 Å². The van der Waals surface area contributed by atoms with Crippen molar-refractivity contribution in [3.8, 4) is 0 Å². The molecule has 1 heteroatoms. The van der Waals surface area contributed by atoms with Crippen molar-refractivity contribution in [2.75, 3.05) is 6.61 Å². The Morgan fingerprint density at radius 1 is 1.00 bits per heavy atom. The first-order valence-corrected chi connectivity index (χ1v) is 5.27. The molecule has 0 saturated heterocycles. The van der Waals surface area contributed by atoms with Crippen LogP contribution >= 0.6 is 0 Å². The Balaban J connectivity index is 3.94. The summed E-state index contributed by atoms with van der Waals surface area (Å²) in [4.78, 5) is 0. The molecular weight excluding hydrogens is 160 g/mol. The van der Waals surface area contributed by atoms with E-state index in [1.807, 2.05) is 0 Å². The van der Waals surface area contributed by atoms with Gasteiger partial charge in [0.2, 0.25) is 0 Å². The molecule has 1 N–H and O–H groups in total. The minimum Gasteiger partial charge on any atom is -0.396 e. The van der Waals surface area contributed by atoms with E-state index in [0.29, 0.717) is 17.9 Å². The Hall–Kier alpha value is -0.0400. The average Bonchev–Trinajstić information content (AvgIpc) is 1.81. The van der Waals surface area contributed by atoms with E-state index in [1.54, 1.807) is 0 Å². The first-order chi connectivity index (χ1) is 5.66. The highest BCUT2D eigenvalue weighted by atomic mass is 16.3. The largest absolute Gasteiger partial charge is 0.396 e. The van der Waals surface area contributed by atoms with Gasteiger partial charge in [0.05, 0.1) is 0 Å². The van der Waals surface area contributed by atoms with E-state index in [-0.39, 0.29) is 5.41 Å². The fraction of sp³-hybridized carbons (Fsp3) is 1.00. The molecule has 1 unspecified atom stereocenters. The Morgan fingerprint density at radius 2 is 1.46 bits per heavy atom. The van der Waals surface area contributed by atoms with Gasteiger partial charge < -0.3 is 5.11 Å². The van der Waals surface area contributed by atoms with E-state index in [9.17, 15) is 0 Å². The zero-order valence-electron chi connectivity index (χ0n) is 10.1. The lowest BCUT2D eigenvalue weighted by molar-refractivity contribution is 0.121. The van der Waals surface area contributed by atoms with Gasteiger partial charge in [-0.2, -0.15) is 0 Å². The lowest BCUT2D eigenvalue weighted by Gasteiger charge is -2.29. The van der Waals surface area contributed by atoms with Crippen LogP contribution in [0, 0.1) is 16.7 Å². The second-order valence-electron chi connectivity index (χ2n) is 6.40. The van der Waals surface area contributed by atoms with Crippen LogP contribution in [0.2, 0.25) is 0 Å². The zero-order valence-corrected chi connectivity index (χ0v) is 10.1. The highest BCUT2D eigenvalue weighted by Crippen LogP contribution is 2.32. The van der Waals surface area contributed by atoms with Crippen molar-refractivity contribution in [1.29, 1.82) is 0 Å². The van der Waals surface area contributed by atoms with Crippen molar-refractivity contribution in [3.63, 3.8) is 0 Å². The van der Waals surface area contributed by atoms with Gasteiger partial charge >= 0.3 is 0 Å². The summed E-state index contributed by atoms with van der Waals surface area (Å²) >= 11 is 0. The molecule has 0 rings (SSSR count). The van der Waals surface area contributed by atoms with E-state index in [4.69, 9.17) is 5.11 Å². The summed E-state index contributed by atoms with van der Waals surface area (Å²) in [6, 6.07) is 0. The van der Waals surface area contributed by atoms with Crippen LogP contribution in [0.3, 0.4) is 0 Å². The Bertz CT molecular complexity index is 142. The standard InChI is InChI=1S/C12H26O/c1-10(7-11(2,3)4)8-12(5,6)9-13/h10,13H,7-9H2,1-6H3. The molecule has 13 heavy (non-hydrogen) atoms. The third-order valence-corrected chi connectivity index (χ3v) is 2.29. The summed E-state index contributed by atoms with van der Waals surface area (Å²) in [5, 5.41) is 9.14. The molecule has 0 saturated carbocycles. The van der Waals surface area contributed by atoms with Gasteiger partial charge in [0.1, 0.15) is 0 Å². The Morgan fingerprint density at radius 3 is 1.77 bits per heavy atom. The molecule has 0 fully saturated rings. The number of hydrogen-bond acceptors (Lipinski definition) is 1. The molecule has 0 aromatic carbocycles. The second-order valence-corrected chi connectivity index (χ2v) is 6.40. The maximum atomic E-state index is 9.14. The van der Waals surface area contributed by atoms with Gasteiger partial charge in [-0.15, -0.1) is 0 Å². The average molecular weight is 186 g/mol. The van der Waals surface area contributed by atoms with Crippen molar-refractivity contribution in [3.05, 3.63) is 0 Å². The molecule has 0 amide bonds. The summed E-state index contributed by atoms with van der Waals surface area (Å²) in [7, 11) is 0. The van der Waals surface area contributed by atoms with Gasteiger partial charge in [0.25, 0.3) is 0 Å². The molecule has 0 aromatic heterocycles. The number of rotatable bonds is 4. The lowest BCUT2D eigenvalue weighted by Crippen LogP contribution is -2.22. The summed E-state index contributed by atoms with van der Waals surface area (Å²) in [5.41, 5.74) is 0.496. The normalized spacial score (nSPS) is 15.9. The first kappa shape index (κ1) is 13.0. The van der Waals surface area contributed by atoms with Crippen molar-refractivity contribution in [2.45, 2.75) is 54.4 Å². The van der Waals surface area contributed by atoms with Crippen molar-refractivity contribution < 1.29 is 5.11 Å². The van der Waals surface area contributed by atoms with Crippen molar-refractivity contribution in [1.82, 2.24) is 0 Å². The van der Waals surface area contributed by atoms with Crippen molar-refractivity contribution >= 4 is 0 Å². The van der Waals surface area contributed by atoms with E-state index in [2.05, 4.69) is 41.5 Å². The molecule has 0 aliphatic carbocycles. The van der Waals surface area contributed by atoms with Gasteiger partial charge in [-0.05, 0) is 29.6 Å². The fourth-order valence-corrected chi connectivity index (χ4v) is 2.13. The van der Waals surface area contributed by atoms with Gasteiger partial charge in [0, 0.05) is 6.61 Å². The predicted molar refractivity (Wildman–Crippen MR) is 58.7 cm³/mol. The van der Waals surface area contributed by atoms with Crippen molar-refractivity contribution in [2.24, 2.45) is 16.7 Å². The zero-order chi connectivity index (χ0) is 10.7. The van der Waals surface area contributed by atoms with Gasteiger partial charge in [-0.1, -0.05) is 41.5 Å². The van der Waals surface area contributed by atoms with Gasteiger partial charge in [-0.25, -0.2) is 0 Å². The van der Waals surface area contributed by atoms with Gasteiger partial charge in [-0.3, -0.25) is 0 Å². The number of hydrogen-bond donors (Lipinski definition) is 1. The van der Waals surface area contributed by atoms with Gasteiger partial charge in [0.15, 0.2) is 0 Å². The van der Waals surface area contributed by atoms with E-state index in [1.165, 1.54) is 6.42 Å². The van der Waals surface area contributed by atoms with Crippen LogP contribution in [0.1, 0.15) is 54.4 Å². The Labute approximate surface area is 83.5 Å². The van der Waals surface area contributed by atoms with E-state index >= 15 is 0 Å². The highest BCUT2D eigenvalue weighted by molar-refractivity contribution is 4.74. The molecular formula is C12H26O. The topological polar surface area (TPSA) is 20.2 Å². The van der Waals surface area contributed by atoms with E-state index < -0.39 is 0 Å². The summed E-state index contributed by atoms with van der Waals surface area (Å²) in [6.45, 7) is 13.7. The summed E-state index contributed by atoms with van der Waals surface area (Å²) in [5.74, 6) is 0.696. The minimum atomic E-state index is 0.0880. The third kappa shape index (κ3) is 7.06. The maximum absolute atomic E-state index is 9.14. The molecule has 1 nitrogen and oxygen atoms in total. The fourth-order valence-electron chi connectivity index (χ4n) is 2.13. The second kappa shape index (κ2) is 4.45. The quantitative estimate of drug-likeness (QED) is 0.713. The molecule has 0 aliphatic heterocycles. The first-order valence-electron chi connectivity index (χ1n) is 5.27. The Kier molecular flexibility index (Phi) is 4.44. The number of aliphatic hydroxyl groups is 1. The maximum Gasteiger partial charge on any atom is 0.0482 e. The van der Waals surface area contributed by atoms with Crippen LogP contribution in [0.25, 0.3) is 0 Å². The molecule has 0 radical (unpaired) electrons. The highest BCUT2D eigenvalue weighted by Gasteiger charge is 2.23. The molecule has 0 spiro atoms. The predicted octanol–water partition coefficient (Wildman–Crippen LogP) is 3.47. The van der Waals surface area contributed by atoms with Crippen LogP contribution in [0.5, 0.6) is 0 Å². The third-order valence-electron chi connectivity index (χ3n) is 2.29. The van der Waals surface area contributed by atoms with E-state index in [0.717, 1.165) is 6.42 Å². The van der Waals surface area contributed by atoms with Crippen LogP contribution in [-0.2, 0) is 0 Å². The number of aliphatic hydroxyl groups excluding tert-OH is 1. The summed E-state index contributed by atoms with van der Waals surface area (Å²) < 4.78 is 0. The molecule has 0 bridgehead atoms.